The lowest BCUT2D eigenvalue weighted by Gasteiger charge is -2.44. The molecule has 0 saturated carbocycles. The molecule has 4 unspecified atom stereocenters. The Morgan fingerprint density at radius 3 is 2.51 bits per heavy atom. The van der Waals surface area contributed by atoms with E-state index in [0.717, 1.165) is 23.9 Å². The largest absolute Gasteiger partial charge is 0.478 e. The predicted molar refractivity (Wildman–Crippen MR) is 126 cm³/mol. The number of hydrogen-bond donors (Lipinski definition) is 3. The number of rotatable bonds is 7. The van der Waals surface area contributed by atoms with Crippen LogP contribution in [0, 0.1) is 17.5 Å². The van der Waals surface area contributed by atoms with E-state index in [0.29, 0.717) is 0 Å². The van der Waals surface area contributed by atoms with Crippen LogP contribution in [0.3, 0.4) is 0 Å². The first-order valence-electron chi connectivity index (χ1n) is 10.8. The van der Waals surface area contributed by atoms with Crippen LogP contribution in [0.1, 0.15) is 23.3 Å². The highest BCUT2D eigenvalue weighted by atomic mass is 35.5. The Morgan fingerprint density at radius 2 is 1.92 bits per heavy atom. The van der Waals surface area contributed by atoms with Gasteiger partial charge in [0.05, 0.1) is 17.9 Å². The van der Waals surface area contributed by atoms with Crippen molar-refractivity contribution in [3.63, 3.8) is 0 Å². The van der Waals surface area contributed by atoms with Gasteiger partial charge in [-0.1, -0.05) is 28.6 Å². The second-order valence-electron chi connectivity index (χ2n) is 8.29. The summed E-state index contributed by atoms with van der Waals surface area (Å²) in [5.74, 6) is -5.67. The SMILES string of the molecule is CO[C@H]1C(C(C)O)O[C@H](Sc2cc(Cl)ccc2C(=O)O)C(O)C1n1cc(-c2cc(F)c(F)c(F)c2)nn1. The molecule has 2 heterocycles. The molecule has 3 aromatic rings. The summed E-state index contributed by atoms with van der Waals surface area (Å²) in [5, 5.41) is 39.4. The van der Waals surface area contributed by atoms with Crippen molar-refractivity contribution in [3.8, 4) is 11.3 Å². The third-order valence-corrected chi connectivity index (χ3v) is 7.29. The number of aromatic nitrogens is 3. The van der Waals surface area contributed by atoms with E-state index < -0.39 is 59.3 Å². The molecule has 1 fully saturated rings. The van der Waals surface area contributed by atoms with E-state index in [1.165, 1.54) is 43.1 Å². The number of nitrogens with zero attached hydrogens (tertiary/aromatic N) is 3. The molecule has 37 heavy (non-hydrogen) atoms. The lowest BCUT2D eigenvalue weighted by molar-refractivity contribution is -0.202. The molecule has 198 valence electrons. The minimum Gasteiger partial charge on any atom is -0.478 e. The van der Waals surface area contributed by atoms with Crippen LogP contribution in [0.25, 0.3) is 11.3 Å². The van der Waals surface area contributed by atoms with Gasteiger partial charge in [-0.25, -0.2) is 22.6 Å². The smallest absolute Gasteiger partial charge is 0.336 e. The first kappa shape index (κ1) is 27.4. The van der Waals surface area contributed by atoms with E-state index in [4.69, 9.17) is 21.1 Å². The number of carboxylic acids is 1. The van der Waals surface area contributed by atoms with E-state index in [1.54, 1.807) is 0 Å². The normalized spacial score (nSPS) is 24.7. The van der Waals surface area contributed by atoms with Crippen molar-refractivity contribution < 1.29 is 42.8 Å². The van der Waals surface area contributed by atoms with Gasteiger partial charge in [-0.3, -0.25) is 0 Å². The van der Waals surface area contributed by atoms with Gasteiger partial charge in [0.1, 0.15) is 35.5 Å². The summed E-state index contributed by atoms with van der Waals surface area (Å²) in [6.45, 7) is 1.45. The number of aliphatic hydroxyl groups excluding tert-OH is 2. The number of carbonyl (C=O) groups is 1. The molecule has 1 aliphatic heterocycles. The molecular formula is C23H21ClF3N3O6S. The Labute approximate surface area is 217 Å². The summed E-state index contributed by atoms with van der Waals surface area (Å²) in [4.78, 5) is 11.9. The Hall–Kier alpha value is -2.68. The highest BCUT2D eigenvalue weighted by Gasteiger charge is 2.49. The molecule has 14 heteroatoms. The van der Waals surface area contributed by atoms with Crippen LogP contribution in [-0.4, -0.2) is 73.2 Å². The number of carboxylic acid groups (broad SMARTS) is 1. The second kappa shape index (κ2) is 11.0. The predicted octanol–water partition coefficient (Wildman–Crippen LogP) is 3.53. The van der Waals surface area contributed by atoms with E-state index in [9.17, 15) is 33.3 Å². The molecular weight excluding hydrogens is 539 g/mol. The molecule has 9 nitrogen and oxygen atoms in total. The third-order valence-electron chi connectivity index (χ3n) is 5.84. The lowest BCUT2D eigenvalue weighted by Crippen LogP contribution is -2.57. The topological polar surface area (TPSA) is 127 Å². The van der Waals surface area contributed by atoms with E-state index in [1.807, 2.05) is 0 Å². The van der Waals surface area contributed by atoms with Gasteiger partial charge in [0.15, 0.2) is 17.5 Å². The maximum absolute atomic E-state index is 13.8. The fourth-order valence-electron chi connectivity index (χ4n) is 4.08. The Morgan fingerprint density at radius 1 is 1.24 bits per heavy atom. The summed E-state index contributed by atoms with van der Waals surface area (Å²) in [6.07, 6.45) is -3.19. The molecule has 0 amide bonds. The molecule has 1 aliphatic rings. The van der Waals surface area contributed by atoms with Crippen molar-refractivity contribution >= 4 is 29.3 Å². The minimum absolute atomic E-state index is 0.0212. The fourth-order valence-corrected chi connectivity index (χ4v) is 5.53. The number of hydrogen-bond acceptors (Lipinski definition) is 8. The van der Waals surface area contributed by atoms with Gasteiger partial charge < -0.3 is 24.8 Å². The lowest BCUT2D eigenvalue weighted by atomic mass is 9.94. The summed E-state index contributed by atoms with van der Waals surface area (Å²) < 4.78 is 53.5. The van der Waals surface area contributed by atoms with Gasteiger partial charge >= 0.3 is 5.97 Å². The number of aromatic carboxylic acids is 1. The van der Waals surface area contributed by atoms with Crippen molar-refractivity contribution in [2.24, 2.45) is 0 Å². The number of halogens is 4. The van der Waals surface area contributed by atoms with Gasteiger partial charge in [0, 0.05) is 22.6 Å². The molecule has 1 saturated heterocycles. The monoisotopic (exact) mass is 559 g/mol. The summed E-state index contributed by atoms with van der Waals surface area (Å²) >= 11 is 6.93. The van der Waals surface area contributed by atoms with E-state index >= 15 is 0 Å². The van der Waals surface area contributed by atoms with Gasteiger partial charge in [0.2, 0.25) is 0 Å². The molecule has 0 bridgehead atoms. The number of aliphatic hydroxyl groups is 2. The zero-order valence-corrected chi connectivity index (χ0v) is 20.8. The van der Waals surface area contributed by atoms with Crippen LogP contribution in [0.15, 0.2) is 41.4 Å². The van der Waals surface area contributed by atoms with Crippen LogP contribution in [0.2, 0.25) is 5.02 Å². The van der Waals surface area contributed by atoms with Crippen LogP contribution in [0.4, 0.5) is 13.2 Å². The highest BCUT2D eigenvalue weighted by Crippen LogP contribution is 2.41. The number of benzene rings is 2. The second-order valence-corrected chi connectivity index (χ2v) is 9.87. The molecule has 0 radical (unpaired) electrons. The molecule has 6 atom stereocenters. The molecule has 4 rings (SSSR count). The van der Waals surface area contributed by atoms with Crippen LogP contribution in [0.5, 0.6) is 0 Å². The third kappa shape index (κ3) is 5.47. The Balaban J connectivity index is 1.72. The average Bonchev–Trinajstić information content (AvgIpc) is 3.32. The summed E-state index contributed by atoms with van der Waals surface area (Å²) in [5.41, 5.74) is -1.32. The molecule has 0 spiro atoms. The molecule has 3 N–H and O–H groups in total. The van der Waals surface area contributed by atoms with Gasteiger partial charge in [0.25, 0.3) is 0 Å². The first-order valence-corrected chi connectivity index (χ1v) is 12.1. The number of thioether (sulfide) groups is 1. The van der Waals surface area contributed by atoms with Gasteiger partial charge in [-0.2, -0.15) is 0 Å². The van der Waals surface area contributed by atoms with E-state index in [2.05, 4.69) is 10.3 Å². The maximum atomic E-state index is 13.8. The molecule has 1 aromatic heterocycles. The van der Waals surface area contributed by atoms with Crippen LogP contribution >= 0.6 is 23.4 Å². The van der Waals surface area contributed by atoms with Crippen LogP contribution < -0.4 is 0 Å². The number of ether oxygens (including phenoxy) is 2. The minimum atomic E-state index is -1.63. The van der Waals surface area contributed by atoms with Crippen molar-refractivity contribution in [1.29, 1.82) is 0 Å². The van der Waals surface area contributed by atoms with Crippen molar-refractivity contribution in [2.45, 2.75) is 47.7 Å². The molecule has 2 aromatic carbocycles. The zero-order valence-electron chi connectivity index (χ0n) is 19.3. The Bertz CT molecular complexity index is 1290. The quantitative estimate of drug-likeness (QED) is 0.373. The fraction of sp³-hybridized carbons (Fsp3) is 0.348. The average molecular weight is 560 g/mol. The highest BCUT2D eigenvalue weighted by molar-refractivity contribution is 8.00. The van der Waals surface area contributed by atoms with Crippen LogP contribution in [-0.2, 0) is 9.47 Å². The Kier molecular flexibility index (Phi) is 8.11. The molecule has 0 aliphatic carbocycles. The summed E-state index contributed by atoms with van der Waals surface area (Å²) in [7, 11) is 1.33. The first-order chi connectivity index (χ1) is 17.5. The van der Waals surface area contributed by atoms with Crippen molar-refractivity contribution in [2.75, 3.05) is 7.11 Å². The summed E-state index contributed by atoms with van der Waals surface area (Å²) in [6, 6.07) is 4.60. The zero-order chi connectivity index (χ0) is 27.0. The van der Waals surface area contributed by atoms with Crippen molar-refractivity contribution in [3.05, 3.63) is 64.6 Å². The van der Waals surface area contributed by atoms with Gasteiger partial charge in [-0.15, -0.1) is 5.10 Å². The number of methoxy groups -OCH3 is 1. The standard InChI is InChI=1S/C23H21ClF3N3O6S/c1-9(31)20-21(35-2)18(30-8-15(28-29-30)10-5-13(25)17(27)14(26)6-10)19(32)23(36-20)37-16-7-11(24)3-4-12(16)22(33)34/h3-9,18-21,23,31-32H,1-2H3,(H,33,34)/t9?,18?,19?,20?,21-,23-/m1/s1. The van der Waals surface area contributed by atoms with E-state index in [-0.39, 0.29) is 26.7 Å². The maximum Gasteiger partial charge on any atom is 0.336 e. The van der Waals surface area contributed by atoms with Gasteiger partial charge in [-0.05, 0) is 37.3 Å². The van der Waals surface area contributed by atoms with Crippen molar-refractivity contribution in [1.82, 2.24) is 15.0 Å².